The largest absolute Gasteiger partial charge is 0.345 e. The van der Waals surface area contributed by atoms with Crippen LogP contribution in [0.3, 0.4) is 0 Å². The molecule has 4 rings (SSSR count). The summed E-state index contributed by atoms with van der Waals surface area (Å²) in [5.74, 6) is 2.08. The number of nitrogens with one attached hydrogen (secondary N) is 1. The molecule has 1 aliphatic rings. The molecule has 1 N–H and O–H groups in total. The standard InChI is InChI=1S/C18H25N7O/c1-23-16(22-24(2)18(23)26)10-13-6-3-4-7-15(13)20-11-14-12-25-9-5-8-19-17(25)21-14/h5,8-9,12-13,15,20H,3-4,6-7,10-11H2,1-2H3/t13-,15-/m1/s1. The van der Waals surface area contributed by atoms with Crippen molar-refractivity contribution in [1.82, 2.24) is 34.0 Å². The molecule has 3 aromatic rings. The minimum Gasteiger partial charge on any atom is -0.308 e. The highest BCUT2D eigenvalue weighted by Gasteiger charge is 2.27. The van der Waals surface area contributed by atoms with Gasteiger partial charge < -0.3 is 5.32 Å². The maximum atomic E-state index is 11.9. The van der Waals surface area contributed by atoms with Gasteiger partial charge in [-0.2, -0.15) is 5.10 Å². The highest BCUT2D eigenvalue weighted by molar-refractivity contribution is 5.29. The van der Waals surface area contributed by atoms with Gasteiger partial charge in [0, 0.05) is 51.7 Å². The van der Waals surface area contributed by atoms with Crippen LogP contribution in [-0.2, 0) is 27.1 Å². The number of rotatable bonds is 5. The molecular weight excluding hydrogens is 330 g/mol. The number of hydrogen-bond acceptors (Lipinski definition) is 5. The van der Waals surface area contributed by atoms with Gasteiger partial charge in [-0.1, -0.05) is 12.8 Å². The van der Waals surface area contributed by atoms with Crippen molar-refractivity contribution in [3.8, 4) is 0 Å². The molecular formula is C18H25N7O. The third-order valence-electron chi connectivity index (χ3n) is 5.40. The molecule has 138 valence electrons. The average Bonchev–Trinajstić information content (AvgIpc) is 3.17. The third-order valence-corrected chi connectivity index (χ3v) is 5.40. The van der Waals surface area contributed by atoms with E-state index in [0.717, 1.165) is 43.1 Å². The Kier molecular flexibility index (Phi) is 4.58. The number of aryl methyl sites for hydroxylation is 1. The van der Waals surface area contributed by atoms with Crippen molar-refractivity contribution in [2.75, 3.05) is 0 Å². The van der Waals surface area contributed by atoms with E-state index >= 15 is 0 Å². The fourth-order valence-corrected chi connectivity index (χ4v) is 3.94. The molecule has 0 aliphatic heterocycles. The summed E-state index contributed by atoms with van der Waals surface area (Å²) in [6, 6.07) is 2.32. The van der Waals surface area contributed by atoms with Crippen LogP contribution in [0.2, 0.25) is 0 Å². The molecule has 1 aliphatic carbocycles. The Morgan fingerprint density at radius 1 is 1.27 bits per heavy atom. The minimum absolute atomic E-state index is 0.0579. The predicted octanol–water partition coefficient (Wildman–Crippen LogP) is 1.05. The lowest BCUT2D eigenvalue weighted by Crippen LogP contribution is -2.39. The maximum Gasteiger partial charge on any atom is 0.345 e. The Hall–Kier alpha value is -2.48. The Balaban J connectivity index is 1.45. The van der Waals surface area contributed by atoms with E-state index in [1.807, 2.05) is 22.9 Å². The molecule has 0 radical (unpaired) electrons. The molecule has 0 unspecified atom stereocenters. The molecule has 0 bridgehead atoms. The Bertz CT molecular complexity index is 921. The van der Waals surface area contributed by atoms with Crippen molar-refractivity contribution in [3.05, 3.63) is 46.7 Å². The highest BCUT2D eigenvalue weighted by Crippen LogP contribution is 2.27. The van der Waals surface area contributed by atoms with Crippen LogP contribution in [0.15, 0.2) is 29.5 Å². The van der Waals surface area contributed by atoms with Gasteiger partial charge in [0.05, 0.1) is 5.69 Å². The molecule has 8 heteroatoms. The molecule has 1 saturated carbocycles. The number of imidazole rings is 1. The molecule has 26 heavy (non-hydrogen) atoms. The second-order valence-corrected chi connectivity index (χ2v) is 7.18. The first kappa shape index (κ1) is 17.0. The lowest BCUT2D eigenvalue weighted by molar-refractivity contribution is 0.254. The summed E-state index contributed by atoms with van der Waals surface area (Å²) in [7, 11) is 3.51. The van der Waals surface area contributed by atoms with E-state index in [4.69, 9.17) is 0 Å². The van der Waals surface area contributed by atoms with Crippen LogP contribution in [0.25, 0.3) is 5.78 Å². The molecule has 0 saturated heterocycles. The summed E-state index contributed by atoms with van der Waals surface area (Å²) in [5, 5.41) is 8.09. The van der Waals surface area contributed by atoms with Crippen molar-refractivity contribution in [2.24, 2.45) is 20.0 Å². The van der Waals surface area contributed by atoms with Gasteiger partial charge in [-0.15, -0.1) is 0 Å². The van der Waals surface area contributed by atoms with Crippen LogP contribution in [0.4, 0.5) is 0 Å². The van der Waals surface area contributed by atoms with Crippen LogP contribution in [0.1, 0.15) is 37.2 Å². The molecule has 0 aromatic carbocycles. The van der Waals surface area contributed by atoms with Crippen molar-refractivity contribution < 1.29 is 0 Å². The predicted molar refractivity (Wildman–Crippen MR) is 97.7 cm³/mol. The normalized spacial score (nSPS) is 20.7. The fourth-order valence-electron chi connectivity index (χ4n) is 3.94. The number of hydrogen-bond donors (Lipinski definition) is 1. The van der Waals surface area contributed by atoms with Gasteiger partial charge in [-0.3, -0.25) is 8.97 Å². The topological polar surface area (TPSA) is 82.0 Å². The summed E-state index contributed by atoms with van der Waals surface area (Å²) in [6.07, 6.45) is 11.4. The summed E-state index contributed by atoms with van der Waals surface area (Å²) < 4.78 is 5.03. The lowest BCUT2D eigenvalue weighted by Gasteiger charge is -2.32. The van der Waals surface area contributed by atoms with Gasteiger partial charge in [0.1, 0.15) is 5.82 Å². The molecule has 1 fully saturated rings. The fraction of sp³-hybridized carbons (Fsp3) is 0.556. The average molecular weight is 355 g/mol. The Morgan fingerprint density at radius 2 is 2.12 bits per heavy atom. The monoisotopic (exact) mass is 355 g/mol. The number of nitrogens with zero attached hydrogens (tertiary/aromatic N) is 6. The van der Waals surface area contributed by atoms with Crippen LogP contribution in [-0.4, -0.2) is 34.8 Å². The summed E-state index contributed by atoms with van der Waals surface area (Å²) in [6.45, 7) is 0.728. The van der Waals surface area contributed by atoms with Crippen molar-refractivity contribution in [3.63, 3.8) is 0 Å². The molecule has 3 heterocycles. The van der Waals surface area contributed by atoms with E-state index in [0.29, 0.717) is 12.0 Å². The number of fused-ring (bicyclic) bond motifs is 1. The quantitative estimate of drug-likeness (QED) is 0.740. The number of aromatic nitrogens is 6. The zero-order valence-corrected chi connectivity index (χ0v) is 15.3. The zero-order chi connectivity index (χ0) is 18.1. The summed E-state index contributed by atoms with van der Waals surface area (Å²) >= 11 is 0. The van der Waals surface area contributed by atoms with Gasteiger partial charge in [-0.25, -0.2) is 19.4 Å². The molecule has 8 nitrogen and oxygen atoms in total. The minimum atomic E-state index is -0.0579. The van der Waals surface area contributed by atoms with Gasteiger partial charge in [0.2, 0.25) is 5.78 Å². The first-order valence-electron chi connectivity index (χ1n) is 9.22. The smallest absolute Gasteiger partial charge is 0.308 e. The van der Waals surface area contributed by atoms with Crippen LogP contribution in [0, 0.1) is 5.92 Å². The van der Waals surface area contributed by atoms with E-state index in [1.54, 1.807) is 24.9 Å². The van der Waals surface area contributed by atoms with Gasteiger partial charge in [-0.05, 0) is 24.8 Å². The zero-order valence-electron chi connectivity index (χ0n) is 15.3. The lowest BCUT2D eigenvalue weighted by atomic mass is 9.82. The van der Waals surface area contributed by atoms with Crippen LogP contribution in [0.5, 0.6) is 0 Å². The van der Waals surface area contributed by atoms with E-state index in [-0.39, 0.29) is 5.69 Å². The Morgan fingerprint density at radius 3 is 2.88 bits per heavy atom. The SMILES string of the molecule is Cn1nc(C[C@H]2CCCC[C@H]2NCc2cn3cccnc3n2)n(C)c1=O. The second-order valence-electron chi connectivity index (χ2n) is 7.18. The first-order chi connectivity index (χ1) is 12.6. The second kappa shape index (κ2) is 7.03. The maximum absolute atomic E-state index is 11.9. The molecule has 0 spiro atoms. The first-order valence-corrected chi connectivity index (χ1v) is 9.22. The van der Waals surface area contributed by atoms with Gasteiger partial charge >= 0.3 is 5.69 Å². The van der Waals surface area contributed by atoms with Gasteiger partial charge in [0.15, 0.2) is 0 Å². The van der Waals surface area contributed by atoms with Crippen molar-refractivity contribution in [1.29, 1.82) is 0 Å². The van der Waals surface area contributed by atoms with Gasteiger partial charge in [0.25, 0.3) is 0 Å². The summed E-state index contributed by atoms with van der Waals surface area (Å²) in [4.78, 5) is 20.8. The Labute approximate surface area is 151 Å². The van der Waals surface area contributed by atoms with E-state index in [1.165, 1.54) is 17.5 Å². The van der Waals surface area contributed by atoms with E-state index < -0.39 is 0 Å². The molecule has 3 aromatic heterocycles. The van der Waals surface area contributed by atoms with Crippen molar-refractivity contribution >= 4 is 5.78 Å². The highest BCUT2D eigenvalue weighted by atomic mass is 16.2. The molecule has 0 amide bonds. The van der Waals surface area contributed by atoms with E-state index in [2.05, 4.69) is 20.4 Å². The van der Waals surface area contributed by atoms with Crippen LogP contribution < -0.4 is 11.0 Å². The third kappa shape index (κ3) is 3.29. The van der Waals surface area contributed by atoms with Crippen molar-refractivity contribution in [2.45, 2.75) is 44.7 Å². The van der Waals surface area contributed by atoms with Crippen LogP contribution >= 0.6 is 0 Å². The molecule has 2 atom stereocenters. The van der Waals surface area contributed by atoms with E-state index in [9.17, 15) is 4.79 Å². The summed E-state index contributed by atoms with van der Waals surface area (Å²) in [5.41, 5.74) is 0.941.